The molecule has 3 unspecified atom stereocenters. The second kappa shape index (κ2) is 4.78. The third-order valence-electron chi connectivity index (χ3n) is 3.05. The van der Waals surface area contributed by atoms with Crippen molar-refractivity contribution in [2.24, 2.45) is 5.41 Å². The van der Waals surface area contributed by atoms with E-state index >= 15 is 0 Å². The Labute approximate surface area is 91.5 Å². The Morgan fingerprint density at radius 3 is 2.07 bits per heavy atom. The van der Waals surface area contributed by atoms with Gasteiger partial charge in [-0.1, -0.05) is 20.8 Å². The molecule has 0 radical (unpaired) electrons. The Morgan fingerprint density at radius 1 is 1.20 bits per heavy atom. The van der Waals surface area contributed by atoms with Crippen LogP contribution in [0.25, 0.3) is 0 Å². The van der Waals surface area contributed by atoms with Crippen LogP contribution in [0.3, 0.4) is 0 Å². The van der Waals surface area contributed by atoms with Crippen LogP contribution < -0.4 is 0 Å². The second-order valence-electron chi connectivity index (χ2n) is 5.56. The molecule has 15 heavy (non-hydrogen) atoms. The molecule has 1 aliphatic heterocycles. The first-order valence-corrected chi connectivity index (χ1v) is 5.57. The lowest BCUT2D eigenvalue weighted by Crippen LogP contribution is -2.32. The highest BCUT2D eigenvalue weighted by molar-refractivity contribution is 4.84. The van der Waals surface area contributed by atoms with Crippen molar-refractivity contribution in [3.05, 3.63) is 0 Å². The van der Waals surface area contributed by atoms with E-state index in [1.54, 1.807) is 0 Å². The van der Waals surface area contributed by atoms with Crippen molar-refractivity contribution in [1.29, 1.82) is 0 Å². The van der Waals surface area contributed by atoms with Crippen LogP contribution in [-0.4, -0.2) is 58.2 Å². The zero-order chi connectivity index (χ0) is 11.6. The summed E-state index contributed by atoms with van der Waals surface area (Å²) in [5.74, 6) is 0. The number of aliphatic hydroxyl groups is 3. The number of rotatable bonds is 3. The van der Waals surface area contributed by atoms with E-state index in [4.69, 9.17) is 0 Å². The third-order valence-corrected chi connectivity index (χ3v) is 3.05. The molecule has 0 spiro atoms. The van der Waals surface area contributed by atoms with Crippen molar-refractivity contribution < 1.29 is 15.3 Å². The standard InChI is InChI=1S/C11H23NO3/c1-11(2,3)10(15)4-5-12-6-8(13)9(14)7-12/h8-10,13-15H,4-7H2,1-3H3. The van der Waals surface area contributed by atoms with E-state index < -0.39 is 12.2 Å². The lowest BCUT2D eigenvalue weighted by atomic mass is 9.87. The average molecular weight is 217 g/mol. The molecule has 0 aromatic heterocycles. The van der Waals surface area contributed by atoms with Crippen LogP contribution in [0.4, 0.5) is 0 Å². The van der Waals surface area contributed by atoms with Gasteiger partial charge < -0.3 is 15.3 Å². The summed E-state index contributed by atoms with van der Waals surface area (Å²) in [5.41, 5.74) is -0.100. The van der Waals surface area contributed by atoms with Crippen LogP contribution in [0.2, 0.25) is 0 Å². The molecule has 1 rings (SSSR count). The highest BCUT2D eigenvalue weighted by Gasteiger charge is 2.30. The molecule has 3 atom stereocenters. The van der Waals surface area contributed by atoms with Crippen LogP contribution >= 0.6 is 0 Å². The van der Waals surface area contributed by atoms with Gasteiger partial charge in [-0.05, 0) is 11.8 Å². The Morgan fingerprint density at radius 2 is 1.67 bits per heavy atom. The molecule has 4 nitrogen and oxygen atoms in total. The van der Waals surface area contributed by atoms with E-state index in [2.05, 4.69) is 0 Å². The average Bonchev–Trinajstić information content (AvgIpc) is 2.41. The van der Waals surface area contributed by atoms with Gasteiger partial charge in [0, 0.05) is 19.6 Å². The maximum Gasteiger partial charge on any atom is 0.0938 e. The fourth-order valence-electron chi connectivity index (χ4n) is 1.77. The first-order valence-electron chi connectivity index (χ1n) is 5.57. The Hall–Kier alpha value is -0.160. The van der Waals surface area contributed by atoms with Crippen molar-refractivity contribution in [3.63, 3.8) is 0 Å². The van der Waals surface area contributed by atoms with Crippen LogP contribution in [0.5, 0.6) is 0 Å². The number of hydrogen-bond acceptors (Lipinski definition) is 4. The maximum absolute atomic E-state index is 9.83. The molecule has 1 heterocycles. The molecular weight excluding hydrogens is 194 g/mol. The lowest BCUT2D eigenvalue weighted by Gasteiger charge is -2.27. The number of hydrogen-bond donors (Lipinski definition) is 3. The molecule has 1 fully saturated rings. The van der Waals surface area contributed by atoms with Gasteiger partial charge in [0.15, 0.2) is 0 Å². The van der Waals surface area contributed by atoms with E-state index in [1.165, 1.54) is 0 Å². The summed E-state index contributed by atoms with van der Waals surface area (Å²) in [7, 11) is 0. The summed E-state index contributed by atoms with van der Waals surface area (Å²) in [4.78, 5) is 1.99. The first kappa shape index (κ1) is 12.9. The molecule has 4 heteroatoms. The van der Waals surface area contributed by atoms with E-state index in [0.717, 1.165) is 6.54 Å². The summed E-state index contributed by atoms with van der Waals surface area (Å²) in [5, 5.41) is 28.5. The predicted molar refractivity (Wildman–Crippen MR) is 58.5 cm³/mol. The summed E-state index contributed by atoms with van der Waals surface area (Å²) in [6.07, 6.45) is -0.913. The van der Waals surface area contributed by atoms with E-state index in [0.29, 0.717) is 19.5 Å². The van der Waals surface area contributed by atoms with Crippen LogP contribution in [-0.2, 0) is 0 Å². The number of likely N-dealkylation sites (tertiary alicyclic amines) is 1. The minimum Gasteiger partial charge on any atom is -0.393 e. The highest BCUT2D eigenvalue weighted by atomic mass is 16.3. The van der Waals surface area contributed by atoms with Crippen molar-refractivity contribution in [2.75, 3.05) is 19.6 Å². The van der Waals surface area contributed by atoms with Crippen LogP contribution in [0, 0.1) is 5.41 Å². The largest absolute Gasteiger partial charge is 0.393 e. The minimum absolute atomic E-state index is 0.100. The Bertz CT molecular complexity index is 192. The Balaban J connectivity index is 2.27. The lowest BCUT2D eigenvalue weighted by molar-refractivity contribution is 0.0464. The van der Waals surface area contributed by atoms with Gasteiger partial charge in [0.1, 0.15) is 0 Å². The molecule has 1 aliphatic rings. The van der Waals surface area contributed by atoms with Gasteiger partial charge in [-0.2, -0.15) is 0 Å². The summed E-state index contributed by atoms with van der Waals surface area (Å²) in [6, 6.07) is 0. The summed E-state index contributed by atoms with van der Waals surface area (Å²) in [6.45, 7) is 7.77. The third kappa shape index (κ3) is 3.72. The van der Waals surface area contributed by atoms with Gasteiger partial charge in [-0.15, -0.1) is 0 Å². The fourth-order valence-corrected chi connectivity index (χ4v) is 1.77. The summed E-state index contributed by atoms with van der Waals surface area (Å²) < 4.78 is 0. The topological polar surface area (TPSA) is 63.9 Å². The molecule has 0 aliphatic carbocycles. The van der Waals surface area contributed by atoms with Crippen molar-refractivity contribution >= 4 is 0 Å². The maximum atomic E-state index is 9.83. The number of β-amino-alcohol motifs (C(OH)–C–C–N with tert-alkyl or cyclic N) is 2. The molecule has 3 N–H and O–H groups in total. The van der Waals surface area contributed by atoms with Crippen LogP contribution in [0.1, 0.15) is 27.2 Å². The van der Waals surface area contributed by atoms with Crippen LogP contribution in [0.15, 0.2) is 0 Å². The van der Waals surface area contributed by atoms with Gasteiger partial charge >= 0.3 is 0 Å². The van der Waals surface area contributed by atoms with E-state index in [1.807, 2.05) is 25.7 Å². The zero-order valence-electron chi connectivity index (χ0n) is 9.85. The fraction of sp³-hybridized carbons (Fsp3) is 1.00. The van der Waals surface area contributed by atoms with Gasteiger partial charge in [0.25, 0.3) is 0 Å². The monoisotopic (exact) mass is 217 g/mol. The zero-order valence-corrected chi connectivity index (χ0v) is 9.85. The molecule has 1 saturated heterocycles. The minimum atomic E-state index is -0.628. The van der Waals surface area contributed by atoms with Gasteiger partial charge in [-0.25, -0.2) is 0 Å². The smallest absolute Gasteiger partial charge is 0.0938 e. The SMILES string of the molecule is CC(C)(C)C(O)CCN1CC(O)C(O)C1. The van der Waals surface area contributed by atoms with Crippen molar-refractivity contribution in [1.82, 2.24) is 4.90 Å². The van der Waals surface area contributed by atoms with Gasteiger partial charge in [0.2, 0.25) is 0 Å². The summed E-state index contributed by atoms with van der Waals surface area (Å²) >= 11 is 0. The molecule has 0 aromatic rings. The molecule has 90 valence electrons. The van der Waals surface area contributed by atoms with Crippen molar-refractivity contribution in [2.45, 2.75) is 45.5 Å². The van der Waals surface area contributed by atoms with E-state index in [-0.39, 0.29) is 11.5 Å². The molecule has 0 bridgehead atoms. The second-order valence-corrected chi connectivity index (χ2v) is 5.56. The number of nitrogens with zero attached hydrogens (tertiary/aromatic N) is 1. The molecule has 0 aromatic carbocycles. The normalized spacial score (nSPS) is 30.8. The van der Waals surface area contributed by atoms with Gasteiger partial charge in [0.05, 0.1) is 18.3 Å². The van der Waals surface area contributed by atoms with Gasteiger partial charge in [-0.3, -0.25) is 4.90 Å². The molecular formula is C11H23NO3. The molecule has 0 amide bonds. The Kier molecular flexibility index (Phi) is 4.12. The van der Waals surface area contributed by atoms with Crippen molar-refractivity contribution in [3.8, 4) is 0 Å². The first-order chi connectivity index (χ1) is 6.80. The highest BCUT2D eigenvalue weighted by Crippen LogP contribution is 2.22. The molecule has 0 saturated carbocycles. The predicted octanol–water partition coefficient (Wildman–Crippen LogP) is -0.179. The number of aliphatic hydroxyl groups excluding tert-OH is 3. The quantitative estimate of drug-likeness (QED) is 0.614. The van der Waals surface area contributed by atoms with E-state index in [9.17, 15) is 15.3 Å².